The van der Waals surface area contributed by atoms with Gasteiger partial charge in [-0.15, -0.1) is 0 Å². The fourth-order valence-electron chi connectivity index (χ4n) is 1.51. The third-order valence-electron chi connectivity index (χ3n) is 2.34. The van der Waals surface area contributed by atoms with Gasteiger partial charge >= 0.3 is 0 Å². The highest BCUT2D eigenvalue weighted by Crippen LogP contribution is 2.35. The summed E-state index contributed by atoms with van der Waals surface area (Å²) in [5, 5.41) is 4.68. The average molecular weight is 291 g/mol. The average Bonchev–Trinajstić information content (AvgIpc) is 2.76. The van der Waals surface area contributed by atoms with E-state index in [4.69, 9.17) is 39.2 Å². The van der Waals surface area contributed by atoms with E-state index >= 15 is 0 Å². The van der Waals surface area contributed by atoms with Crippen molar-refractivity contribution in [3.05, 3.63) is 51.4 Å². The standard InChI is InChI=1S/C12H10Cl3NO/c1-7(11-3-2-4-17-11)16-12-9(14)5-8(13)6-10(12)15/h2-7,16H,1H3. The van der Waals surface area contributed by atoms with Crippen LogP contribution in [-0.4, -0.2) is 0 Å². The summed E-state index contributed by atoms with van der Waals surface area (Å²) in [6.45, 7) is 1.96. The molecule has 1 aromatic heterocycles. The van der Waals surface area contributed by atoms with E-state index in [9.17, 15) is 0 Å². The molecule has 1 atom stereocenters. The summed E-state index contributed by atoms with van der Waals surface area (Å²) >= 11 is 18.0. The molecule has 0 aliphatic rings. The maximum atomic E-state index is 6.08. The third kappa shape index (κ3) is 2.89. The minimum absolute atomic E-state index is 0.0267. The van der Waals surface area contributed by atoms with Gasteiger partial charge in [0.15, 0.2) is 0 Å². The molecule has 0 saturated carbocycles. The maximum absolute atomic E-state index is 6.08. The van der Waals surface area contributed by atoms with E-state index in [-0.39, 0.29) is 6.04 Å². The second-order valence-corrected chi connectivity index (χ2v) is 4.88. The van der Waals surface area contributed by atoms with Gasteiger partial charge in [0, 0.05) is 5.02 Å². The number of benzene rings is 1. The molecule has 0 aliphatic heterocycles. The first-order chi connectivity index (χ1) is 8.08. The zero-order chi connectivity index (χ0) is 12.4. The van der Waals surface area contributed by atoms with Crippen molar-refractivity contribution in [2.75, 3.05) is 5.32 Å². The monoisotopic (exact) mass is 289 g/mol. The van der Waals surface area contributed by atoms with Crippen molar-refractivity contribution in [1.29, 1.82) is 0 Å². The van der Waals surface area contributed by atoms with Crippen molar-refractivity contribution in [3.63, 3.8) is 0 Å². The number of nitrogens with one attached hydrogen (secondary N) is 1. The van der Waals surface area contributed by atoms with Gasteiger partial charge in [0.1, 0.15) is 5.76 Å². The fraction of sp³-hybridized carbons (Fsp3) is 0.167. The zero-order valence-electron chi connectivity index (χ0n) is 9.01. The second kappa shape index (κ2) is 5.21. The molecule has 2 aromatic rings. The van der Waals surface area contributed by atoms with Gasteiger partial charge in [0.05, 0.1) is 28.0 Å². The quantitative estimate of drug-likeness (QED) is 0.817. The topological polar surface area (TPSA) is 25.2 Å². The van der Waals surface area contributed by atoms with Gasteiger partial charge in [0.25, 0.3) is 0 Å². The highest BCUT2D eigenvalue weighted by molar-refractivity contribution is 6.41. The van der Waals surface area contributed by atoms with Crippen molar-refractivity contribution in [2.24, 2.45) is 0 Å². The largest absolute Gasteiger partial charge is 0.467 e. The predicted octanol–water partition coefficient (Wildman–Crippen LogP) is 5.41. The van der Waals surface area contributed by atoms with E-state index in [2.05, 4.69) is 5.32 Å². The van der Waals surface area contributed by atoms with Crippen LogP contribution < -0.4 is 5.32 Å². The maximum Gasteiger partial charge on any atom is 0.125 e. The van der Waals surface area contributed by atoms with Gasteiger partial charge in [-0.2, -0.15) is 0 Å². The molecular formula is C12H10Cl3NO. The van der Waals surface area contributed by atoms with Crippen LogP contribution in [0.5, 0.6) is 0 Å². The predicted molar refractivity (Wildman–Crippen MR) is 72.2 cm³/mol. The fourth-order valence-corrected chi connectivity index (χ4v) is 2.43. The Balaban J connectivity index is 2.25. The molecule has 1 unspecified atom stereocenters. The minimum Gasteiger partial charge on any atom is -0.467 e. The summed E-state index contributed by atoms with van der Waals surface area (Å²) < 4.78 is 5.30. The molecule has 0 fully saturated rings. The van der Waals surface area contributed by atoms with Crippen molar-refractivity contribution in [2.45, 2.75) is 13.0 Å². The van der Waals surface area contributed by atoms with Crippen LogP contribution in [0.25, 0.3) is 0 Å². The Morgan fingerprint density at radius 2 is 1.82 bits per heavy atom. The SMILES string of the molecule is CC(Nc1c(Cl)cc(Cl)cc1Cl)c1ccco1. The van der Waals surface area contributed by atoms with Crippen LogP contribution in [0, 0.1) is 0 Å². The van der Waals surface area contributed by atoms with Gasteiger partial charge in [-0.25, -0.2) is 0 Å². The summed E-state index contributed by atoms with van der Waals surface area (Å²) in [7, 11) is 0. The summed E-state index contributed by atoms with van der Waals surface area (Å²) in [4.78, 5) is 0. The summed E-state index contributed by atoms with van der Waals surface area (Å²) in [5.74, 6) is 0.812. The van der Waals surface area contributed by atoms with Crippen LogP contribution in [-0.2, 0) is 0 Å². The lowest BCUT2D eigenvalue weighted by Gasteiger charge is -2.15. The van der Waals surface area contributed by atoms with E-state index in [0.717, 1.165) is 5.76 Å². The Morgan fingerprint density at radius 3 is 2.35 bits per heavy atom. The Bertz CT molecular complexity index is 487. The lowest BCUT2D eigenvalue weighted by molar-refractivity contribution is 0.490. The first-order valence-corrected chi connectivity index (χ1v) is 6.16. The van der Waals surface area contributed by atoms with Gasteiger partial charge in [0.2, 0.25) is 0 Å². The minimum atomic E-state index is -0.0267. The summed E-state index contributed by atoms with van der Waals surface area (Å²) in [6.07, 6.45) is 1.62. The molecule has 17 heavy (non-hydrogen) atoms. The molecule has 1 N–H and O–H groups in total. The van der Waals surface area contributed by atoms with E-state index in [0.29, 0.717) is 20.8 Å². The molecule has 0 amide bonds. The van der Waals surface area contributed by atoms with E-state index < -0.39 is 0 Å². The molecule has 0 bridgehead atoms. The van der Waals surface area contributed by atoms with Crippen LogP contribution >= 0.6 is 34.8 Å². The van der Waals surface area contributed by atoms with Crippen LogP contribution in [0.1, 0.15) is 18.7 Å². The van der Waals surface area contributed by atoms with Crippen LogP contribution in [0.4, 0.5) is 5.69 Å². The van der Waals surface area contributed by atoms with Crippen LogP contribution in [0.15, 0.2) is 34.9 Å². The Morgan fingerprint density at radius 1 is 1.18 bits per heavy atom. The Labute approximate surface area is 114 Å². The molecule has 0 aliphatic carbocycles. The first kappa shape index (κ1) is 12.6. The lowest BCUT2D eigenvalue weighted by atomic mass is 10.2. The Kier molecular flexibility index (Phi) is 3.87. The second-order valence-electron chi connectivity index (χ2n) is 3.63. The molecule has 0 saturated heterocycles. The van der Waals surface area contributed by atoms with Crippen molar-refractivity contribution >= 4 is 40.5 Å². The number of hydrogen-bond donors (Lipinski definition) is 1. The number of anilines is 1. The van der Waals surface area contributed by atoms with Crippen LogP contribution in [0.3, 0.4) is 0 Å². The van der Waals surface area contributed by atoms with Gasteiger partial charge < -0.3 is 9.73 Å². The number of furan rings is 1. The van der Waals surface area contributed by atoms with Crippen molar-refractivity contribution < 1.29 is 4.42 Å². The molecule has 2 rings (SSSR count). The molecule has 90 valence electrons. The van der Waals surface area contributed by atoms with Gasteiger partial charge in [-0.1, -0.05) is 34.8 Å². The van der Waals surface area contributed by atoms with Gasteiger partial charge in [-0.05, 0) is 31.2 Å². The van der Waals surface area contributed by atoms with E-state index in [1.807, 2.05) is 19.1 Å². The molecule has 5 heteroatoms. The van der Waals surface area contributed by atoms with Crippen LogP contribution in [0.2, 0.25) is 15.1 Å². The van der Waals surface area contributed by atoms with Crippen molar-refractivity contribution in [3.8, 4) is 0 Å². The number of rotatable bonds is 3. The molecule has 1 heterocycles. The van der Waals surface area contributed by atoms with E-state index in [1.165, 1.54) is 0 Å². The molecule has 0 spiro atoms. The molecular weight excluding hydrogens is 280 g/mol. The highest BCUT2D eigenvalue weighted by Gasteiger charge is 2.13. The number of halogens is 3. The first-order valence-electron chi connectivity index (χ1n) is 5.02. The smallest absolute Gasteiger partial charge is 0.125 e. The van der Waals surface area contributed by atoms with E-state index in [1.54, 1.807) is 18.4 Å². The Hall–Kier alpha value is -0.830. The molecule has 1 aromatic carbocycles. The summed E-state index contributed by atoms with van der Waals surface area (Å²) in [5.41, 5.74) is 0.654. The highest BCUT2D eigenvalue weighted by atomic mass is 35.5. The lowest BCUT2D eigenvalue weighted by Crippen LogP contribution is -2.06. The van der Waals surface area contributed by atoms with Gasteiger partial charge in [-0.3, -0.25) is 0 Å². The third-order valence-corrected chi connectivity index (χ3v) is 3.15. The van der Waals surface area contributed by atoms with Crippen molar-refractivity contribution in [1.82, 2.24) is 0 Å². The zero-order valence-corrected chi connectivity index (χ0v) is 11.3. The summed E-state index contributed by atoms with van der Waals surface area (Å²) in [6, 6.07) is 6.98. The molecule has 0 radical (unpaired) electrons. The number of hydrogen-bond acceptors (Lipinski definition) is 2. The molecule has 2 nitrogen and oxygen atoms in total. The normalized spacial score (nSPS) is 12.5.